The minimum absolute atomic E-state index is 0.0761. The summed E-state index contributed by atoms with van der Waals surface area (Å²) in [5, 5.41) is 8.87. The molecule has 0 unspecified atom stereocenters. The first-order chi connectivity index (χ1) is 18.7. The van der Waals surface area contributed by atoms with Crippen LogP contribution in [-0.2, 0) is 11.0 Å². The number of rotatable bonds is 11. The van der Waals surface area contributed by atoms with Crippen LogP contribution in [0.4, 0.5) is 18.9 Å². The second-order valence-corrected chi connectivity index (χ2v) is 9.60. The summed E-state index contributed by atoms with van der Waals surface area (Å²) in [4.78, 5) is 26.0. The molecule has 2 aromatic carbocycles. The van der Waals surface area contributed by atoms with E-state index in [4.69, 9.17) is 9.15 Å². The average molecular weight is 544 g/mol. The van der Waals surface area contributed by atoms with Crippen LogP contribution in [0.1, 0.15) is 48.2 Å². The third kappa shape index (κ3) is 7.78. The molecule has 4 rings (SSSR count). The van der Waals surface area contributed by atoms with Crippen molar-refractivity contribution in [2.24, 2.45) is 5.92 Å². The second-order valence-electron chi connectivity index (χ2n) is 9.60. The Hall–Kier alpha value is -3.95. The fourth-order valence-corrected chi connectivity index (χ4v) is 4.73. The van der Waals surface area contributed by atoms with Gasteiger partial charge in [0.1, 0.15) is 17.6 Å². The minimum Gasteiger partial charge on any atom is -0.497 e. The van der Waals surface area contributed by atoms with E-state index in [9.17, 15) is 22.8 Å². The number of methoxy groups -OCH3 is 1. The summed E-state index contributed by atoms with van der Waals surface area (Å²) in [5.74, 6) is 0.244. The van der Waals surface area contributed by atoms with E-state index in [1.807, 2.05) is 24.3 Å². The molecule has 0 aliphatic heterocycles. The predicted octanol–water partition coefficient (Wildman–Crippen LogP) is 5.88. The van der Waals surface area contributed by atoms with Gasteiger partial charge in [0.2, 0.25) is 5.91 Å². The van der Waals surface area contributed by atoms with Gasteiger partial charge in [0.25, 0.3) is 5.91 Å². The predicted molar refractivity (Wildman–Crippen MR) is 141 cm³/mol. The molecule has 208 valence electrons. The number of halogens is 3. The number of carbonyl (C=O) groups excluding carboxylic acids is 2. The van der Waals surface area contributed by atoms with Crippen molar-refractivity contribution in [2.75, 3.05) is 25.5 Å². The number of anilines is 1. The van der Waals surface area contributed by atoms with Crippen LogP contribution in [0.5, 0.6) is 5.75 Å². The molecule has 1 aromatic heterocycles. The molecule has 1 fully saturated rings. The summed E-state index contributed by atoms with van der Waals surface area (Å²) in [7, 11) is 1.60. The van der Waals surface area contributed by atoms with Gasteiger partial charge >= 0.3 is 6.18 Å². The number of alkyl halides is 3. The summed E-state index contributed by atoms with van der Waals surface area (Å²) < 4.78 is 50.0. The number of amides is 2. The van der Waals surface area contributed by atoms with Gasteiger partial charge in [-0.2, -0.15) is 13.2 Å². The maximum atomic E-state index is 13.1. The Morgan fingerprint density at radius 3 is 2.46 bits per heavy atom. The number of hydrogen-bond donors (Lipinski definition) is 3. The van der Waals surface area contributed by atoms with Gasteiger partial charge in [0.15, 0.2) is 5.76 Å². The average Bonchev–Trinajstić information content (AvgIpc) is 3.63. The summed E-state index contributed by atoms with van der Waals surface area (Å²) in [6.07, 6.45) is 0.200. The van der Waals surface area contributed by atoms with E-state index in [0.29, 0.717) is 25.4 Å². The van der Waals surface area contributed by atoms with Gasteiger partial charge in [0, 0.05) is 24.3 Å². The number of nitrogens with one attached hydrogen (secondary N) is 3. The monoisotopic (exact) mass is 543 g/mol. The minimum atomic E-state index is -4.49. The molecule has 1 saturated carbocycles. The van der Waals surface area contributed by atoms with Crippen molar-refractivity contribution in [3.05, 3.63) is 72.0 Å². The van der Waals surface area contributed by atoms with Gasteiger partial charge in [-0.3, -0.25) is 9.59 Å². The highest BCUT2D eigenvalue weighted by atomic mass is 19.4. The SMILES string of the molecule is COc1ccc(NCCNC(=O)[C@H](CC2CCCC2)NC(=O)c2ccc(-c3cccc(C(F)(F)F)c3)o2)cc1. The maximum absolute atomic E-state index is 13.1. The summed E-state index contributed by atoms with van der Waals surface area (Å²) in [5.41, 5.74) is 0.279. The van der Waals surface area contributed by atoms with Crippen LogP contribution in [0.3, 0.4) is 0 Å². The Morgan fingerprint density at radius 2 is 1.77 bits per heavy atom. The highest BCUT2D eigenvalue weighted by molar-refractivity contribution is 5.96. The molecule has 7 nitrogen and oxygen atoms in total. The third-order valence-electron chi connectivity index (χ3n) is 6.81. The largest absolute Gasteiger partial charge is 0.497 e. The Kier molecular flexibility index (Phi) is 9.16. The summed E-state index contributed by atoms with van der Waals surface area (Å²) in [6, 6.07) is 14.2. The van der Waals surface area contributed by atoms with Crippen molar-refractivity contribution in [3.63, 3.8) is 0 Å². The molecule has 39 heavy (non-hydrogen) atoms. The first-order valence-electron chi connectivity index (χ1n) is 13.0. The van der Waals surface area contributed by atoms with Gasteiger partial charge < -0.3 is 25.1 Å². The molecule has 1 heterocycles. The highest BCUT2D eigenvalue weighted by Gasteiger charge is 2.31. The van der Waals surface area contributed by atoms with Crippen molar-refractivity contribution in [1.82, 2.24) is 10.6 Å². The normalized spacial score (nSPS) is 14.6. The third-order valence-corrected chi connectivity index (χ3v) is 6.81. The molecule has 2 amide bonds. The van der Waals surface area contributed by atoms with Crippen molar-refractivity contribution in [3.8, 4) is 17.1 Å². The number of hydrogen-bond acceptors (Lipinski definition) is 5. The van der Waals surface area contributed by atoms with Crippen molar-refractivity contribution in [2.45, 2.75) is 44.3 Å². The second kappa shape index (κ2) is 12.7. The van der Waals surface area contributed by atoms with Crippen LogP contribution in [0.15, 0.2) is 65.1 Å². The molecule has 10 heteroatoms. The van der Waals surface area contributed by atoms with E-state index in [2.05, 4.69) is 16.0 Å². The van der Waals surface area contributed by atoms with Crippen molar-refractivity contribution in [1.29, 1.82) is 0 Å². The molecule has 1 aliphatic rings. The lowest BCUT2D eigenvalue weighted by atomic mass is 9.97. The molecule has 3 aromatic rings. The van der Waals surface area contributed by atoms with Gasteiger partial charge in [-0.15, -0.1) is 0 Å². The lowest BCUT2D eigenvalue weighted by molar-refractivity contribution is -0.137. The van der Waals surface area contributed by atoms with Crippen molar-refractivity contribution >= 4 is 17.5 Å². The standard InChI is InChI=1S/C29H32F3N3O4/c1-38-23-11-9-22(10-12-23)33-15-16-34-27(36)24(17-19-5-2-3-6-19)35-28(37)26-14-13-25(39-26)20-7-4-8-21(18-20)29(30,31)32/h4,7-14,18-19,24,33H,2-3,5-6,15-17H2,1H3,(H,34,36)(H,35,37)/t24-/m0/s1. The van der Waals surface area contributed by atoms with Gasteiger partial charge in [-0.05, 0) is 60.9 Å². The zero-order valence-corrected chi connectivity index (χ0v) is 21.6. The Balaban J connectivity index is 1.36. The Morgan fingerprint density at radius 1 is 1.03 bits per heavy atom. The first kappa shape index (κ1) is 28.1. The lowest BCUT2D eigenvalue weighted by Crippen LogP contribution is -2.48. The van der Waals surface area contributed by atoms with Crippen LogP contribution in [0, 0.1) is 5.92 Å². The fraction of sp³-hybridized carbons (Fsp3) is 0.379. The molecule has 0 bridgehead atoms. The molecule has 0 radical (unpaired) electrons. The fourth-order valence-electron chi connectivity index (χ4n) is 4.73. The van der Waals surface area contributed by atoms with E-state index in [1.165, 1.54) is 24.3 Å². The van der Waals surface area contributed by atoms with Gasteiger partial charge in [0.05, 0.1) is 12.7 Å². The van der Waals surface area contributed by atoms with Crippen molar-refractivity contribution < 1.29 is 31.9 Å². The van der Waals surface area contributed by atoms with Crippen LogP contribution < -0.4 is 20.7 Å². The van der Waals surface area contributed by atoms with E-state index >= 15 is 0 Å². The molecular weight excluding hydrogens is 511 g/mol. The van der Waals surface area contributed by atoms with E-state index < -0.39 is 23.7 Å². The van der Waals surface area contributed by atoms with Crippen LogP contribution in [0.2, 0.25) is 0 Å². The Bertz CT molecular complexity index is 1250. The molecule has 3 N–H and O–H groups in total. The molecular formula is C29H32F3N3O4. The van der Waals surface area contributed by atoms with E-state index in [-0.39, 0.29) is 23.0 Å². The molecule has 0 spiro atoms. The summed E-state index contributed by atoms with van der Waals surface area (Å²) >= 11 is 0. The lowest BCUT2D eigenvalue weighted by Gasteiger charge is -2.21. The molecule has 0 saturated heterocycles. The maximum Gasteiger partial charge on any atom is 0.416 e. The number of ether oxygens (including phenoxy) is 1. The number of carbonyl (C=O) groups is 2. The number of benzene rings is 2. The number of furan rings is 1. The quantitative estimate of drug-likeness (QED) is 0.263. The zero-order chi connectivity index (χ0) is 27.8. The van der Waals surface area contributed by atoms with E-state index in [1.54, 1.807) is 7.11 Å². The molecule has 1 atom stereocenters. The summed E-state index contributed by atoms with van der Waals surface area (Å²) in [6.45, 7) is 0.836. The van der Waals surface area contributed by atoms with Crippen LogP contribution >= 0.6 is 0 Å². The first-order valence-corrected chi connectivity index (χ1v) is 13.0. The topological polar surface area (TPSA) is 92.6 Å². The van der Waals surface area contributed by atoms with E-state index in [0.717, 1.165) is 49.3 Å². The smallest absolute Gasteiger partial charge is 0.416 e. The molecule has 1 aliphatic carbocycles. The van der Waals surface area contributed by atoms with Crippen LogP contribution in [0.25, 0.3) is 11.3 Å². The van der Waals surface area contributed by atoms with Crippen LogP contribution in [-0.4, -0.2) is 38.1 Å². The Labute approximate surface area is 225 Å². The zero-order valence-electron chi connectivity index (χ0n) is 21.6. The van der Waals surface area contributed by atoms with Gasteiger partial charge in [-0.25, -0.2) is 0 Å². The highest BCUT2D eigenvalue weighted by Crippen LogP contribution is 2.33. The van der Waals surface area contributed by atoms with Gasteiger partial charge in [-0.1, -0.05) is 37.8 Å².